The molecule has 0 saturated carbocycles. The highest BCUT2D eigenvalue weighted by Gasteiger charge is 2.01. The summed E-state index contributed by atoms with van der Waals surface area (Å²) in [5.74, 6) is 0.827. The van der Waals surface area contributed by atoms with Gasteiger partial charge in [0.15, 0.2) is 0 Å². The second-order valence-corrected chi connectivity index (χ2v) is 3.02. The molecule has 15 heavy (non-hydrogen) atoms. The van der Waals surface area contributed by atoms with Gasteiger partial charge in [-0.2, -0.15) is 0 Å². The zero-order valence-corrected chi connectivity index (χ0v) is 8.55. The summed E-state index contributed by atoms with van der Waals surface area (Å²) in [6.07, 6.45) is 3.49. The SMILES string of the molecule is CCOc1ccnc(-c2ccccn2)c1. The van der Waals surface area contributed by atoms with E-state index in [9.17, 15) is 0 Å². The Balaban J connectivity index is 2.33. The standard InChI is InChI=1S/C12H12N2O/c1-2-15-10-6-8-14-12(9-10)11-5-3-4-7-13-11/h3-9H,2H2,1H3. The Hall–Kier alpha value is -1.90. The first-order valence-electron chi connectivity index (χ1n) is 4.90. The predicted molar refractivity (Wildman–Crippen MR) is 58.6 cm³/mol. The van der Waals surface area contributed by atoms with Crippen molar-refractivity contribution in [1.29, 1.82) is 0 Å². The highest BCUT2D eigenvalue weighted by atomic mass is 16.5. The van der Waals surface area contributed by atoms with Crippen LogP contribution >= 0.6 is 0 Å². The summed E-state index contributed by atoms with van der Waals surface area (Å²) in [6.45, 7) is 2.62. The van der Waals surface area contributed by atoms with Gasteiger partial charge in [0, 0.05) is 18.5 Å². The van der Waals surface area contributed by atoms with Gasteiger partial charge in [0.2, 0.25) is 0 Å². The molecule has 0 aliphatic heterocycles. The number of ether oxygens (including phenoxy) is 1. The van der Waals surface area contributed by atoms with E-state index >= 15 is 0 Å². The lowest BCUT2D eigenvalue weighted by atomic mass is 10.2. The molecule has 3 heteroatoms. The molecule has 76 valence electrons. The van der Waals surface area contributed by atoms with Gasteiger partial charge < -0.3 is 4.74 Å². The average Bonchev–Trinajstić information content (AvgIpc) is 2.31. The van der Waals surface area contributed by atoms with Gasteiger partial charge in [0.25, 0.3) is 0 Å². The van der Waals surface area contributed by atoms with Gasteiger partial charge in [-0.05, 0) is 25.1 Å². The maximum Gasteiger partial charge on any atom is 0.123 e. The molecular formula is C12H12N2O. The molecule has 0 unspecified atom stereocenters. The first-order valence-corrected chi connectivity index (χ1v) is 4.90. The molecule has 2 aromatic heterocycles. The predicted octanol–water partition coefficient (Wildman–Crippen LogP) is 2.54. The van der Waals surface area contributed by atoms with Crippen molar-refractivity contribution in [2.24, 2.45) is 0 Å². The van der Waals surface area contributed by atoms with Crippen LogP contribution in [0.4, 0.5) is 0 Å². The summed E-state index contributed by atoms with van der Waals surface area (Å²) >= 11 is 0. The van der Waals surface area contributed by atoms with Gasteiger partial charge in [0.1, 0.15) is 5.75 Å². The number of hydrogen-bond acceptors (Lipinski definition) is 3. The fourth-order valence-corrected chi connectivity index (χ4v) is 1.32. The van der Waals surface area contributed by atoms with Crippen molar-refractivity contribution in [1.82, 2.24) is 9.97 Å². The second kappa shape index (κ2) is 4.55. The molecule has 0 radical (unpaired) electrons. The Labute approximate surface area is 88.8 Å². The molecular weight excluding hydrogens is 188 g/mol. The van der Waals surface area contributed by atoms with Crippen LogP contribution in [0.5, 0.6) is 5.75 Å². The minimum Gasteiger partial charge on any atom is -0.494 e. The normalized spacial score (nSPS) is 9.93. The summed E-state index contributed by atoms with van der Waals surface area (Å²) in [6, 6.07) is 9.49. The second-order valence-electron chi connectivity index (χ2n) is 3.02. The van der Waals surface area contributed by atoms with Crippen LogP contribution in [0.25, 0.3) is 11.4 Å². The number of aromatic nitrogens is 2. The molecule has 2 heterocycles. The minimum atomic E-state index is 0.658. The first kappa shape index (κ1) is 9.65. The van der Waals surface area contributed by atoms with E-state index in [1.54, 1.807) is 12.4 Å². The lowest BCUT2D eigenvalue weighted by Gasteiger charge is -2.04. The fourth-order valence-electron chi connectivity index (χ4n) is 1.32. The quantitative estimate of drug-likeness (QED) is 0.763. The molecule has 0 N–H and O–H groups in total. The van der Waals surface area contributed by atoms with E-state index in [1.807, 2.05) is 37.3 Å². The number of pyridine rings is 2. The Bertz CT molecular complexity index is 429. The van der Waals surface area contributed by atoms with Crippen LogP contribution in [-0.4, -0.2) is 16.6 Å². The molecule has 0 bridgehead atoms. The molecule has 0 aromatic carbocycles. The van der Waals surface area contributed by atoms with Gasteiger partial charge >= 0.3 is 0 Å². The molecule has 0 atom stereocenters. The number of hydrogen-bond donors (Lipinski definition) is 0. The van der Waals surface area contributed by atoms with E-state index < -0.39 is 0 Å². The first-order chi connectivity index (χ1) is 7.40. The maximum atomic E-state index is 5.40. The minimum absolute atomic E-state index is 0.658. The molecule has 2 rings (SSSR count). The lowest BCUT2D eigenvalue weighted by molar-refractivity contribution is 0.340. The molecule has 0 saturated heterocycles. The zero-order valence-electron chi connectivity index (χ0n) is 8.55. The highest BCUT2D eigenvalue weighted by molar-refractivity contribution is 5.55. The zero-order chi connectivity index (χ0) is 10.5. The van der Waals surface area contributed by atoms with Crippen LogP contribution in [0, 0.1) is 0 Å². The maximum absolute atomic E-state index is 5.40. The van der Waals surface area contributed by atoms with Gasteiger partial charge in [-0.25, -0.2) is 0 Å². The van der Waals surface area contributed by atoms with Crippen LogP contribution in [0.3, 0.4) is 0 Å². The Morgan fingerprint density at radius 3 is 2.67 bits per heavy atom. The van der Waals surface area contributed by atoms with Gasteiger partial charge in [0.05, 0.1) is 18.0 Å². The molecule has 2 aromatic rings. The topological polar surface area (TPSA) is 35.0 Å². The average molecular weight is 200 g/mol. The molecule has 0 aliphatic rings. The Morgan fingerprint density at radius 2 is 1.93 bits per heavy atom. The van der Waals surface area contributed by atoms with Crippen molar-refractivity contribution in [2.75, 3.05) is 6.61 Å². The Kier molecular flexibility index (Phi) is 2.93. The fraction of sp³-hybridized carbons (Fsp3) is 0.167. The third-order valence-electron chi connectivity index (χ3n) is 1.97. The van der Waals surface area contributed by atoms with Crippen molar-refractivity contribution in [3.8, 4) is 17.1 Å². The Morgan fingerprint density at radius 1 is 1.07 bits per heavy atom. The highest BCUT2D eigenvalue weighted by Crippen LogP contribution is 2.18. The van der Waals surface area contributed by atoms with Crippen LogP contribution in [0.15, 0.2) is 42.7 Å². The molecule has 0 fully saturated rings. The molecule has 0 aliphatic carbocycles. The van der Waals surface area contributed by atoms with Crippen molar-refractivity contribution >= 4 is 0 Å². The monoisotopic (exact) mass is 200 g/mol. The van der Waals surface area contributed by atoms with E-state index in [2.05, 4.69) is 9.97 Å². The summed E-state index contributed by atoms with van der Waals surface area (Å²) in [5, 5.41) is 0. The third kappa shape index (κ3) is 2.31. The van der Waals surface area contributed by atoms with Crippen molar-refractivity contribution in [3.63, 3.8) is 0 Å². The van der Waals surface area contributed by atoms with Crippen LogP contribution in [-0.2, 0) is 0 Å². The van der Waals surface area contributed by atoms with Gasteiger partial charge in [-0.1, -0.05) is 6.07 Å². The lowest BCUT2D eigenvalue weighted by Crippen LogP contribution is -1.93. The van der Waals surface area contributed by atoms with Crippen LogP contribution in [0.2, 0.25) is 0 Å². The third-order valence-corrected chi connectivity index (χ3v) is 1.97. The summed E-state index contributed by atoms with van der Waals surface area (Å²) in [7, 11) is 0. The van der Waals surface area contributed by atoms with E-state index in [1.165, 1.54) is 0 Å². The largest absolute Gasteiger partial charge is 0.494 e. The van der Waals surface area contributed by atoms with E-state index in [4.69, 9.17) is 4.74 Å². The summed E-state index contributed by atoms with van der Waals surface area (Å²) in [5.41, 5.74) is 1.70. The molecule has 3 nitrogen and oxygen atoms in total. The smallest absolute Gasteiger partial charge is 0.123 e. The molecule has 0 spiro atoms. The molecule has 0 amide bonds. The summed E-state index contributed by atoms with van der Waals surface area (Å²) in [4.78, 5) is 8.48. The van der Waals surface area contributed by atoms with Gasteiger partial charge in [-0.3, -0.25) is 9.97 Å². The van der Waals surface area contributed by atoms with Gasteiger partial charge in [-0.15, -0.1) is 0 Å². The van der Waals surface area contributed by atoms with Crippen LogP contribution in [0.1, 0.15) is 6.92 Å². The van der Waals surface area contributed by atoms with E-state index in [0.717, 1.165) is 17.1 Å². The summed E-state index contributed by atoms with van der Waals surface area (Å²) < 4.78 is 5.40. The number of nitrogens with zero attached hydrogens (tertiary/aromatic N) is 2. The van der Waals surface area contributed by atoms with Crippen LogP contribution < -0.4 is 4.74 Å². The number of rotatable bonds is 3. The van der Waals surface area contributed by atoms with Crippen molar-refractivity contribution < 1.29 is 4.74 Å². The van der Waals surface area contributed by atoms with Crippen molar-refractivity contribution in [3.05, 3.63) is 42.7 Å². The van der Waals surface area contributed by atoms with E-state index in [-0.39, 0.29) is 0 Å². The van der Waals surface area contributed by atoms with E-state index in [0.29, 0.717) is 6.61 Å². The van der Waals surface area contributed by atoms with Crippen molar-refractivity contribution in [2.45, 2.75) is 6.92 Å².